The molecule has 3 rings (SSSR count). The predicted molar refractivity (Wildman–Crippen MR) is 121 cm³/mol. The number of hydrogen-bond donors (Lipinski definition) is 2. The topological polar surface area (TPSA) is 110 Å². The quantitative estimate of drug-likeness (QED) is 0.565. The van der Waals surface area contributed by atoms with Gasteiger partial charge >= 0.3 is 0 Å². The van der Waals surface area contributed by atoms with E-state index in [4.69, 9.17) is 17.3 Å². The molecular weight excluding hydrogens is 438 g/mol. The maximum absolute atomic E-state index is 13.4. The molecule has 31 heavy (non-hydrogen) atoms. The van der Waals surface area contributed by atoms with E-state index in [2.05, 4.69) is 5.32 Å². The molecule has 3 aromatic rings. The highest BCUT2D eigenvalue weighted by Gasteiger charge is 2.28. The first-order valence-corrected chi connectivity index (χ1v) is 11.0. The number of sulfonamides is 1. The Morgan fingerprint density at radius 1 is 0.968 bits per heavy atom. The van der Waals surface area contributed by atoms with Crippen molar-refractivity contribution in [2.24, 2.45) is 5.73 Å². The molecule has 3 aromatic carbocycles. The molecule has 0 unspecified atom stereocenters. The number of benzene rings is 3. The third kappa shape index (κ3) is 5.04. The minimum Gasteiger partial charge on any atom is -0.366 e. The summed E-state index contributed by atoms with van der Waals surface area (Å²) >= 11 is 6.20. The Kier molecular flexibility index (Phi) is 6.62. The number of carbonyl (C=O) groups is 2. The smallest absolute Gasteiger partial charge is 0.264 e. The van der Waals surface area contributed by atoms with Gasteiger partial charge in [-0.1, -0.05) is 35.9 Å². The van der Waals surface area contributed by atoms with Gasteiger partial charge in [0.15, 0.2) is 0 Å². The fraction of sp³-hybridized carbons (Fsp3) is 0.0909. The van der Waals surface area contributed by atoms with E-state index in [-0.39, 0.29) is 4.90 Å². The lowest BCUT2D eigenvalue weighted by molar-refractivity contribution is -0.114. The minimum atomic E-state index is -4.05. The van der Waals surface area contributed by atoms with Crippen LogP contribution in [0.25, 0.3) is 0 Å². The number of primary amides is 1. The first kappa shape index (κ1) is 22.3. The van der Waals surface area contributed by atoms with Gasteiger partial charge < -0.3 is 11.1 Å². The van der Waals surface area contributed by atoms with Crippen molar-refractivity contribution < 1.29 is 18.0 Å². The van der Waals surface area contributed by atoms with Crippen molar-refractivity contribution in [3.8, 4) is 0 Å². The molecule has 0 bridgehead atoms. The molecule has 0 aromatic heterocycles. The average molecular weight is 458 g/mol. The number of nitrogens with one attached hydrogen (secondary N) is 1. The Bertz CT molecular complexity index is 1210. The Morgan fingerprint density at radius 2 is 1.61 bits per heavy atom. The zero-order valence-electron chi connectivity index (χ0n) is 16.6. The van der Waals surface area contributed by atoms with Gasteiger partial charge in [0, 0.05) is 16.3 Å². The summed E-state index contributed by atoms with van der Waals surface area (Å²) in [5.74, 6) is -1.15. The molecule has 0 atom stereocenters. The van der Waals surface area contributed by atoms with Crippen LogP contribution in [0.4, 0.5) is 11.4 Å². The van der Waals surface area contributed by atoms with Gasteiger partial charge in [-0.25, -0.2) is 8.42 Å². The number of hydrogen-bond acceptors (Lipinski definition) is 4. The Labute approximate surface area is 185 Å². The molecule has 0 spiro atoms. The van der Waals surface area contributed by atoms with E-state index >= 15 is 0 Å². The van der Waals surface area contributed by atoms with E-state index < -0.39 is 28.4 Å². The van der Waals surface area contributed by atoms with E-state index in [0.29, 0.717) is 27.5 Å². The number of rotatable bonds is 7. The lowest BCUT2D eigenvalue weighted by atomic mass is 10.2. The van der Waals surface area contributed by atoms with E-state index in [1.165, 1.54) is 36.4 Å². The SMILES string of the molecule is Cc1c(Cl)cccc1N(CC(=O)Nc1ccc(C(N)=O)cc1)S(=O)(=O)c1ccccc1. The Balaban J connectivity index is 1.94. The summed E-state index contributed by atoms with van der Waals surface area (Å²) in [6.07, 6.45) is 0. The van der Waals surface area contributed by atoms with Crippen LogP contribution in [-0.2, 0) is 14.8 Å². The standard InChI is InChI=1S/C22H20ClN3O4S/c1-15-19(23)8-5-9-20(15)26(31(29,30)18-6-3-2-4-7-18)14-21(27)25-17-12-10-16(11-13-17)22(24)28/h2-13H,14H2,1H3,(H2,24,28)(H,25,27). The third-order valence-corrected chi connectivity index (χ3v) is 6.76. The molecule has 0 aliphatic rings. The van der Waals surface area contributed by atoms with Gasteiger partial charge in [-0.3, -0.25) is 13.9 Å². The molecule has 0 saturated heterocycles. The molecule has 9 heteroatoms. The molecule has 0 heterocycles. The fourth-order valence-corrected chi connectivity index (χ4v) is 4.60. The highest BCUT2D eigenvalue weighted by molar-refractivity contribution is 7.92. The number of anilines is 2. The van der Waals surface area contributed by atoms with Crippen molar-refractivity contribution in [1.82, 2.24) is 0 Å². The highest BCUT2D eigenvalue weighted by Crippen LogP contribution is 2.30. The zero-order valence-corrected chi connectivity index (χ0v) is 18.2. The monoisotopic (exact) mass is 457 g/mol. The van der Waals surface area contributed by atoms with Gasteiger partial charge in [0.05, 0.1) is 10.6 Å². The second-order valence-electron chi connectivity index (χ2n) is 6.70. The summed E-state index contributed by atoms with van der Waals surface area (Å²) in [6.45, 7) is 1.21. The second-order valence-corrected chi connectivity index (χ2v) is 8.97. The third-order valence-electron chi connectivity index (χ3n) is 4.58. The molecule has 0 radical (unpaired) electrons. The van der Waals surface area contributed by atoms with E-state index in [1.54, 1.807) is 43.3 Å². The van der Waals surface area contributed by atoms with Crippen LogP contribution in [0, 0.1) is 6.92 Å². The van der Waals surface area contributed by atoms with Gasteiger partial charge in [-0.15, -0.1) is 0 Å². The number of nitrogens with zero attached hydrogens (tertiary/aromatic N) is 1. The van der Waals surface area contributed by atoms with Gasteiger partial charge in [0.25, 0.3) is 10.0 Å². The summed E-state index contributed by atoms with van der Waals surface area (Å²) < 4.78 is 27.7. The van der Waals surface area contributed by atoms with Crippen LogP contribution in [-0.4, -0.2) is 26.8 Å². The zero-order chi connectivity index (χ0) is 22.6. The molecule has 0 saturated carbocycles. The number of nitrogens with two attached hydrogens (primary N) is 1. The molecular formula is C22H20ClN3O4S. The second kappa shape index (κ2) is 9.20. The minimum absolute atomic E-state index is 0.0491. The summed E-state index contributed by atoms with van der Waals surface area (Å²) in [5.41, 5.74) is 6.74. The molecule has 160 valence electrons. The van der Waals surface area contributed by atoms with Crippen molar-refractivity contribution in [3.05, 3.63) is 88.9 Å². The molecule has 7 nitrogen and oxygen atoms in total. The maximum Gasteiger partial charge on any atom is 0.264 e. The van der Waals surface area contributed by atoms with E-state index in [1.807, 2.05) is 0 Å². The van der Waals surface area contributed by atoms with Gasteiger partial charge in [-0.2, -0.15) is 0 Å². The van der Waals surface area contributed by atoms with E-state index in [9.17, 15) is 18.0 Å². The van der Waals surface area contributed by atoms with Crippen molar-refractivity contribution >= 4 is 44.8 Å². The Hall–Kier alpha value is -3.36. The predicted octanol–water partition coefficient (Wildman–Crippen LogP) is 3.58. The molecule has 0 aliphatic carbocycles. The lowest BCUT2D eigenvalue weighted by Gasteiger charge is -2.26. The normalized spacial score (nSPS) is 11.0. The van der Waals surface area contributed by atoms with Crippen molar-refractivity contribution in [1.29, 1.82) is 0 Å². The number of halogens is 1. The largest absolute Gasteiger partial charge is 0.366 e. The fourth-order valence-electron chi connectivity index (χ4n) is 2.93. The lowest BCUT2D eigenvalue weighted by Crippen LogP contribution is -2.38. The first-order chi connectivity index (χ1) is 14.7. The van der Waals surface area contributed by atoms with Crippen molar-refractivity contribution in [2.75, 3.05) is 16.2 Å². The van der Waals surface area contributed by atoms with Gasteiger partial charge in [-0.05, 0) is 61.0 Å². The van der Waals surface area contributed by atoms with Crippen LogP contribution in [0.2, 0.25) is 5.02 Å². The summed E-state index contributed by atoms with van der Waals surface area (Å²) in [6, 6.07) is 18.7. The number of amides is 2. The van der Waals surface area contributed by atoms with Crippen LogP contribution in [0.5, 0.6) is 0 Å². The van der Waals surface area contributed by atoms with Crippen LogP contribution in [0.1, 0.15) is 15.9 Å². The van der Waals surface area contributed by atoms with Crippen LogP contribution < -0.4 is 15.4 Å². The van der Waals surface area contributed by atoms with Gasteiger partial charge in [0.2, 0.25) is 11.8 Å². The Morgan fingerprint density at radius 3 is 2.23 bits per heavy atom. The summed E-state index contributed by atoms with van der Waals surface area (Å²) in [5, 5.41) is 3.02. The maximum atomic E-state index is 13.4. The molecule has 3 N–H and O–H groups in total. The van der Waals surface area contributed by atoms with Crippen LogP contribution in [0.15, 0.2) is 77.7 Å². The molecule has 2 amide bonds. The average Bonchev–Trinajstić information content (AvgIpc) is 2.75. The summed E-state index contributed by atoms with van der Waals surface area (Å²) in [4.78, 5) is 24.0. The van der Waals surface area contributed by atoms with Crippen LogP contribution >= 0.6 is 11.6 Å². The number of carbonyl (C=O) groups excluding carboxylic acids is 2. The van der Waals surface area contributed by atoms with E-state index in [0.717, 1.165) is 4.31 Å². The van der Waals surface area contributed by atoms with Crippen molar-refractivity contribution in [2.45, 2.75) is 11.8 Å². The van der Waals surface area contributed by atoms with Crippen molar-refractivity contribution in [3.63, 3.8) is 0 Å². The summed E-state index contributed by atoms with van der Waals surface area (Å²) in [7, 11) is -4.05. The first-order valence-electron chi connectivity index (χ1n) is 9.23. The van der Waals surface area contributed by atoms with Gasteiger partial charge in [0.1, 0.15) is 6.54 Å². The molecule has 0 fully saturated rings. The van der Waals surface area contributed by atoms with Crippen LogP contribution in [0.3, 0.4) is 0 Å². The highest BCUT2D eigenvalue weighted by atomic mass is 35.5. The molecule has 0 aliphatic heterocycles.